The number of hydrogen-bond acceptors (Lipinski definition) is 7. The maximum Gasteiger partial charge on any atom is 0.573 e. The first-order chi connectivity index (χ1) is 16.2. The number of alkyl halides is 3. The number of carbonyl (C=O) groups is 1. The lowest BCUT2D eigenvalue weighted by atomic mass is 10.0. The number of hydrazine groups is 1. The Hall–Kier alpha value is -4.45. The van der Waals surface area contributed by atoms with Gasteiger partial charge in [-0.25, -0.2) is 10.5 Å². The summed E-state index contributed by atoms with van der Waals surface area (Å²) < 4.78 is 42.4. The molecule has 4 aromatic rings. The van der Waals surface area contributed by atoms with Crippen molar-refractivity contribution in [1.82, 2.24) is 25.2 Å². The standard InChI is InChI=1S/C22H18F3N7O2/c23-22(24,25)34-17-9-6-14(7-10-17)16-8-11-19(26)18(12-16)21(33)31(27)13-32-20(28-29-30-32)15-4-2-1-3-5-15/h1-12H,13,26-27H2. The number of amides is 1. The van der Waals surface area contributed by atoms with Gasteiger partial charge in [0.05, 0.1) is 5.56 Å². The van der Waals surface area contributed by atoms with Gasteiger partial charge in [-0.2, -0.15) is 0 Å². The van der Waals surface area contributed by atoms with E-state index in [1.54, 1.807) is 6.07 Å². The topological polar surface area (TPSA) is 125 Å². The van der Waals surface area contributed by atoms with E-state index < -0.39 is 12.3 Å². The molecule has 1 amide bonds. The molecule has 9 nitrogen and oxygen atoms in total. The molecule has 0 saturated heterocycles. The molecule has 0 radical (unpaired) electrons. The van der Waals surface area contributed by atoms with Gasteiger partial charge in [0, 0.05) is 11.3 Å². The van der Waals surface area contributed by atoms with E-state index in [0.29, 0.717) is 17.0 Å². The van der Waals surface area contributed by atoms with Crippen molar-refractivity contribution in [3.63, 3.8) is 0 Å². The lowest BCUT2D eigenvalue weighted by Gasteiger charge is -2.18. The second kappa shape index (κ2) is 9.19. The minimum absolute atomic E-state index is 0.116. The number of carbonyl (C=O) groups excluding carboxylic acids is 1. The Balaban J connectivity index is 1.54. The number of anilines is 1. The molecule has 0 aliphatic heterocycles. The Morgan fingerprint density at radius 1 is 0.971 bits per heavy atom. The normalized spacial score (nSPS) is 11.3. The molecule has 34 heavy (non-hydrogen) atoms. The summed E-state index contributed by atoms with van der Waals surface area (Å²) in [6.45, 7) is -0.150. The van der Waals surface area contributed by atoms with Gasteiger partial charge in [-0.15, -0.1) is 18.3 Å². The number of nitrogens with zero attached hydrogens (tertiary/aromatic N) is 5. The van der Waals surface area contributed by atoms with Crippen LogP contribution in [0.4, 0.5) is 18.9 Å². The molecule has 0 fully saturated rings. The largest absolute Gasteiger partial charge is 0.573 e. The molecule has 0 spiro atoms. The molecule has 174 valence electrons. The SMILES string of the molecule is Nc1ccc(-c2ccc(OC(F)(F)F)cc2)cc1C(=O)N(N)Cn1nnnc1-c1ccccc1. The van der Waals surface area contributed by atoms with Gasteiger partial charge in [0.1, 0.15) is 12.4 Å². The fraction of sp³-hybridized carbons (Fsp3) is 0.0909. The summed E-state index contributed by atoms with van der Waals surface area (Å²) in [5.74, 6) is 5.49. The molecule has 0 aliphatic rings. The van der Waals surface area contributed by atoms with Crippen molar-refractivity contribution < 1.29 is 22.7 Å². The van der Waals surface area contributed by atoms with Crippen molar-refractivity contribution in [2.75, 3.05) is 5.73 Å². The second-order valence-corrected chi connectivity index (χ2v) is 7.16. The quantitative estimate of drug-likeness (QED) is 0.192. The van der Waals surface area contributed by atoms with Crippen LogP contribution in [0.5, 0.6) is 5.75 Å². The highest BCUT2D eigenvalue weighted by Crippen LogP contribution is 2.28. The number of tetrazole rings is 1. The van der Waals surface area contributed by atoms with Gasteiger partial charge >= 0.3 is 6.36 Å². The number of hydrogen-bond donors (Lipinski definition) is 2. The molecule has 3 aromatic carbocycles. The zero-order valence-electron chi connectivity index (χ0n) is 17.5. The highest BCUT2D eigenvalue weighted by Gasteiger charge is 2.31. The summed E-state index contributed by atoms with van der Waals surface area (Å²) in [6.07, 6.45) is -4.78. The summed E-state index contributed by atoms with van der Waals surface area (Å²) >= 11 is 0. The zero-order chi connectivity index (χ0) is 24.3. The van der Waals surface area contributed by atoms with Crippen LogP contribution >= 0.6 is 0 Å². The Labute approximate surface area is 191 Å². The van der Waals surface area contributed by atoms with Crippen LogP contribution in [0.15, 0.2) is 72.8 Å². The first-order valence-electron chi connectivity index (χ1n) is 9.85. The molecule has 12 heteroatoms. The van der Waals surface area contributed by atoms with Gasteiger partial charge in [-0.05, 0) is 45.8 Å². The summed E-state index contributed by atoms with van der Waals surface area (Å²) in [6, 6.07) is 19.0. The van der Waals surface area contributed by atoms with Crippen LogP contribution in [-0.4, -0.2) is 37.5 Å². The zero-order valence-corrected chi connectivity index (χ0v) is 17.5. The van der Waals surface area contributed by atoms with E-state index in [-0.39, 0.29) is 23.7 Å². The Bertz CT molecular complexity index is 1290. The average Bonchev–Trinajstić information content (AvgIpc) is 3.27. The van der Waals surface area contributed by atoms with Gasteiger partial charge < -0.3 is 10.5 Å². The van der Waals surface area contributed by atoms with E-state index in [0.717, 1.165) is 10.6 Å². The van der Waals surface area contributed by atoms with Gasteiger partial charge in [0.2, 0.25) is 0 Å². The minimum atomic E-state index is -4.78. The first-order valence-corrected chi connectivity index (χ1v) is 9.85. The third-order valence-corrected chi connectivity index (χ3v) is 4.82. The fourth-order valence-corrected chi connectivity index (χ4v) is 3.23. The monoisotopic (exact) mass is 469 g/mol. The average molecular weight is 469 g/mol. The molecular formula is C22H18F3N7O2. The predicted octanol–water partition coefficient (Wildman–Crippen LogP) is 3.46. The third kappa shape index (κ3) is 5.13. The molecule has 0 aliphatic carbocycles. The number of nitrogen functional groups attached to an aromatic ring is 1. The van der Waals surface area contributed by atoms with Crippen molar-refractivity contribution in [1.29, 1.82) is 0 Å². The highest BCUT2D eigenvalue weighted by molar-refractivity contribution is 6.00. The van der Waals surface area contributed by atoms with E-state index in [1.807, 2.05) is 30.3 Å². The molecule has 0 unspecified atom stereocenters. The first kappa shape index (κ1) is 22.7. The van der Waals surface area contributed by atoms with Crippen molar-refractivity contribution >= 4 is 11.6 Å². The molecule has 0 bridgehead atoms. The highest BCUT2D eigenvalue weighted by atomic mass is 19.4. The number of nitrogens with two attached hydrogens (primary N) is 2. The summed E-state index contributed by atoms with van der Waals surface area (Å²) in [5.41, 5.74) is 8.15. The van der Waals surface area contributed by atoms with E-state index in [9.17, 15) is 18.0 Å². The van der Waals surface area contributed by atoms with Crippen LogP contribution in [0, 0.1) is 0 Å². The smallest absolute Gasteiger partial charge is 0.406 e. The molecule has 1 heterocycles. The molecular weight excluding hydrogens is 451 g/mol. The van der Waals surface area contributed by atoms with Crippen LogP contribution in [-0.2, 0) is 6.67 Å². The number of aromatic nitrogens is 4. The van der Waals surface area contributed by atoms with E-state index in [2.05, 4.69) is 20.3 Å². The summed E-state index contributed by atoms with van der Waals surface area (Å²) in [7, 11) is 0. The number of halogens is 3. The lowest BCUT2D eigenvalue weighted by molar-refractivity contribution is -0.274. The number of ether oxygens (including phenoxy) is 1. The van der Waals surface area contributed by atoms with Crippen molar-refractivity contribution in [2.24, 2.45) is 5.84 Å². The molecule has 0 atom stereocenters. The molecule has 1 aromatic heterocycles. The predicted molar refractivity (Wildman–Crippen MR) is 117 cm³/mol. The molecule has 4 rings (SSSR count). The van der Waals surface area contributed by atoms with Crippen LogP contribution < -0.4 is 16.3 Å². The fourth-order valence-electron chi connectivity index (χ4n) is 3.23. The van der Waals surface area contributed by atoms with Gasteiger partial charge in [0.15, 0.2) is 5.82 Å². The van der Waals surface area contributed by atoms with Crippen molar-refractivity contribution in [3.05, 3.63) is 78.4 Å². The third-order valence-electron chi connectivity index (χ3n) is 4.82. The van der Waals surface area contributed by atoms with Crippen LogP contribution in [0.2, 0.25) is 0 Å². The van der Waals surface area contributed by atoms with E-state index >= 15 is 0 Å². The van der Waals surface area contributed by atoms with Crippen LogP contribution in [0.1, 0.15) is 10.4 Å². The summed E-state index contributed by atoms with van der Waals surface area (Å²) in [5, 5.41) is 12.4. The maximum atomic E-state index is 13.0. The maximum absolute atomic E-state index is 13.0. The van der Waals surface area contributed by atoms with Gasteiger partial charge in [0.25, 0.3) is 5.91 Å². The van der Waals surface area contributed by atoms with Gasteiger partial charge in [-0.1, -0.05) is 48.5 Å². The van der Waals surface area contributed by atoms with Crippen molar-refractivity contribution in [3.8, 4) is 28.3 Å². The second-order valence-electron chi connectivity index (χ2n) is 7.16. The lowest BCUT2D eigenvalue weighted by Crippen LogP contribution is -2.39. The molecule has 4 N–H and O–H groups in total. The van der Waals surface area contributed by atoms with E-state index in [1.165, 1.54) is 41.1 Å². The Morgan fingerprint density at radius 2 is 1.65 bits per heavy atom. The van der Waals surface area contributed by atoms with Crippen LogP contribution in [0.3, 0.4) is 0 Å². The summed E-state index contributed by atoms with van der Waals surface area (Å²) in [4.78, 5) is 13.0. The van der Waals surface area contributed by atoms with Crippen LogP contribution in [0.25, 0.3) is 22.5 Å². The number of benzene rings is 3. The Morgan fingerprint density at radius 3 is 2.32 bits per heavy atom. The minimum Gasteiger partial charge on any atom is -0.406 e. The number of rotatable bonds is 6. The molecule has 0 saturated carbocycles. The van der Waals surface area contributed by atoms with E-state index in [4.69, 9.17) is 11.6 Å². The Kier molecular flexibility index (Phi) is 6.15. The van der Waals surface area contributed by atoms with Gasteiger partial charge in [-0.3, -0.25) is 9.80 Å². The van der Waals surface area contributed by atoms with Crippen molar-refractivity contribution in [2.45, 2.75) is 13.0 Å².